The van der Waals surface area contributed by atoms with Gasteiger partial charge in [0.25, 0.3) is 5.91 Å². The molecule has 0 bridgehead atoms. The number of alkyl halides is 3. The molecule has 3 atom stereocenters. The fraction of sp³-hybridized carbons (Fsp3) is 0.571. The van der Waals surface area contributed by atoms with Crippen LogP contribution in [-0.2, 0) is 22.8 Å². The van der Waals surface area contributed by atoms with Crippen LogP contribution in [0.25, 0.3) is 0 Å². The van der Waals surface area contributed by atoms with Crippen molar-refractivity contribution in [1.29, 1.82) is 0 Å². The first-order valence-corrected chi connectivity index (χ1v) is 9.28. The molecule has 3 rings (SSSR count). The van der Waals surface area contributed by atoms with Gasteiger partial charge in [0, 0.05) is 11.8 Å². The van der Waals surface area contributed by atoms with Gasteiger partial charge in [0.2, 0.25) is 5.91 Å². The van der Waals surface area contributed by atoms with Gasteiger partial charge in [-0.3, -0.25) is 14.3 Å². The number of aromatic nitrogens is 2. The van der Waals surface area contributed by atoms with Crippen molar-refractivity contribution < 1.29 is 32.7 Å². The Balaban J connectivity index is 1.83. The summed E-state index contributed by atoms with van der Waals surface area (Å²) in [5.74, 6) is -2.66. The van der Waals surface area contributed by atoms with Crippen molar-refractivity contribution in [2.24, 2.45) is 7.05 Å². The van der Waals surface area contributed by atoms with Crippen LogP contribution in [0.2, 0.25) is 0 Å². The fourth-order valence-corrected chi connectivity index (χ4v) is 5.65. The molecule has 1 aromatic heterocycles. The van der Waals surface area contributed by atoms with Gasteiger partial charge in [-0.25, -0.2) is 4.79 Å². The molecule has 0 aliphatic carbocycles. The Kier molecular flexibility index (Phi) is 4.53. The first-order valence-electron chi connectivity index (χ1n) is 7.60. The summed E-state index contributed by atoms with van der Waals surface area (Å²) in [6, 6.07) is -2.07. The lowest BCUT2D eigenvalue weighted by Gasteiger charge is -2.43. The molecule has 2 aliphatic heterocycles. The third-order valence-corrected chi connectivity index (χ3v) is 6.76. The SMILES string of the molecule is Cn1nc(C(F)(F)F)c(Br)c1C(=O)NC1C(=O)N2C1SC(C)(C)C2C(=O)O. The van der Waals surface area contributed by atoms with Gasteiger partial charge in [-0.05, 0) is 29.8 Å². The van der Waals surface area contributed by atoms with Gasteiger partial charge in [-0.15, -0.1) is 11.8 Å². The van der Waals surface area contributed by atoms with Crippen LogP contribution in [0.3, 0.4) is 0 Å². The Hall–Kier alpha value is -1.76. The molecule has 148 valence electrons. The molecule has 0 saturated carbocycles. The smallest absolute Gasteiger partial charge is 0.436 e. The number of β-lactam (4-membered cyclic amide) rings is 1. The van der Waals surface area contributed by atoms with Crippen LogP contribution in [0, 0.1) is 0 Å². The molecule has 0 aromatic carbocycles. The predicted molar refractivity (Wildman–Crippen MR) is 90.9 cm³/mol. The van der Waals surface area contributed by atoms with E-state index in [9.17, 15) is 32.7 Å². The predicted octanol–water partition coefficient (Wildman–Crippen LogP) is 1.45. The van der Waals surface area contributed by atoms with Crippen molar-refractivity contribution in [3.05, 3.63) is 15.9 Å². The van der Waals surface area contributed by atoms with Crippen LogP contribution in [0.4, 0.5) is 13.2 Å². The van der Waals surface area contributed by atoms with Gasteiger partial charge in [0.15, 0.2) is 5.69 Å². The van der Waals surface area contributed by atoms with Gasteiger partial charge in [0.1, 0.15) is 23.2 Å². The molecule has 13 heteroatoms. The number of thioether (sulfide) groups is 1. The third kappa shape index (κ3) is 3.00. The number of nitrogens with one attached hydrogen (secondary N) is 1. The van der Waals surface area contributed by atoms with Crippen LogP contribution in [0.1, 0.15) is 30.0 Å². The fourth-order valence-electron chi connectivity index (χ4n) is 3.28. The molecule has 0 spiro atoms. The minimum atomic E-state index is -4.75. The van der Waals surface area contributed by atoms with E-state index >= 15 is 0 Å². The second-order valence-corrected chi connectivity index (χ2v) is 9.25. The average Bonchev–Trinajstić information content (AvgIpc) is 2.95. The minimum absolute atomic E-state index is 0.384. The normalized spacial score (nSPS) is 26.6. The molecule has 27 heavy (non-hydrogen) atoms. The first-order chi connectivity index (χ1) is 12.3. The lowest BCUT2D eigenvalue weighted by Crippen LogP contribution is -2.70. The Morgan fingerprint density at radius 2 is 1.96 bits per heavy atom. The number of amides is 2. The van der Waals surface area contributed by atoms with Crippen LogP contribution in [0.5, 0.6) is 0 Å². The van der Waals surface area contributed by atoms with E-state index in [1.165, 1.54) is 23.7 Å². The third-order valence-electron chi connectivity index (χ3n) is 4.43. The van der Waals surface area contributed by atoms with Crippen molar-refractivity contribution in [3.8, 4) is 0 Å². The molecule has 2 fully saturated rings. The maximum atomic E-state index is 12.9. The molecule has 2 amide bonds. The highest BCUT2D eigenvalue weighted by atomic mass is 79.9. The van der Waals surface area contributed by atoms with E-state index in [0.717, 1.165) is 4.68 Å². The second kappa shape index (κ2) is 6.12. The van der Waals surface area contributed by atoms with E-state index < -0.39 is 56.3 Å². The maximum absolute atomic E-state index is 12.9. The molecule has 3 unspecified atom stereocenters. The molecule has 0 radical (unpaired) electrons. The molecule has 2 aliphatic rings. The Labute approximate surface area is 163 Å². The number of carboxylic acid groups (broad SMARTS) is 1. The topological polar surface area (TPSA) is 105 Å². The molecular formula is C14H14BrF3N4O4S. The van der Waals surface area contributed by atoms with Crippen LogP contribution in [-0.4, -0.2) is 59.8 Å². The number of halogens is 4. The van der Waals surface area contributed by atoms with Gasteiger partial charge < -0.3 is 15.3 Å². The van der Waals surface area contributed by atoms with Crippen molar-refractivity contribution in [3.63, 3.8) is 0 Å². The summed E-state index contributed by atoms with van der Waals surface area (Å²) in [5, 5.41) is 14.5. The number of aryl methyl sites for hydroxylation is 1. The van der Waals surface area contributed by atoms with Gasteiger partial charge >= 0.3 is 12.1 Å². The average molecular weight is 471 g/mol. The zero-order chi connectivity index (χ0) is 20.5. The largest absolute Gasteiger partial charge is 0.480 e. The van der Waals surface area contributed by atoms with Crippen LogP contribution in [0.15, 0.2) is 4.47 Å². The van der Waals surface area contributed by atoms with E-state index in [2.05, 4.69) is 26.3 Å². The summed E-state index contributed by atoms with van der Waals surface area (Å²) in [6.07, 6.45) is -4.75. The van der Waals surface area contributed by atoms with E-state index in [-0.39, 0.29) is 5.69 Å². The van der Waals surface area contributed by atoms with Crippen molar-refractivity contribution >= 4 is 45.5 Å². The number of carbonyl (C=O) groups excluding carboxylic acids is 2. The summed E-state index contributed by atoms with van der Waals surface area (Å²) in [4.78, 5) is 37.5. The summed E-state index contributed by atoms with van der Waals surface area (Å²) in [5.41, 5.74) is -1.63. The van der Waals surface area contributed by atoms with Gasteiger partial charge in [-0.2, -0.15) is 18.3 Å². The highest BCUT2D eigenvalue weighted by molar-refractivity contribution is 9.10. The number of carbonyl (C=O) groups is 3. The highest BCUT2D eigenvalue weighted by Crippen LogP contribution is 2.50. The zero-order valence-electron chi connectivity index (χ0n) is 14.2. The van der Waals surface area contributed by atoms with E-state index in [0.29, 0.717) is 0 Å². The molecule has 8 nitrogen and oxygen atoms in total. The maximum Gasteiger partial charge on any atom is 0.436 e. The standard InChI is InChI=1S/C14H14BrF3N4O4S/c1-13(2)8(12(25)26)22-10(24)5(11(22)27-13)19-9(23)6-4(15)7(14(16,17)18)20-21(6)3/h5,8,11H,1-3H3,(H,19,23)(H,25,26). The Morgan fingerprint density at radius 1 is 1.37 bits per heavy atom. The van der Waals surface area contributed by atoms with Crippen molar-refractivity contribution in [2.75, 3.05) is 0 Å². The Morgan fingerprint density at radius 3 is 2.44 bits per heavy atom. The van der Waals surface area contributed by atoms with E-state index in [1.807, 2.05) is 0 Å². The summed E-state index contributed by atoms with van der Waals surface area (Å²) in [6.45, 7) is 3.35. The molecule has 2 N–H and O–H groups in total. The lowest BCUT2D eigenvalue weighted by atomic mass is 9.96. The Bertz CT molecular complexity index is 856. The first kappa shape index (κ1) is 20.0. The highest BCUT2D eigenvalue weighted by Gasteiger charge is 2.64. The zero-order valence-corrected chi connectivity index (χ0v) is 16.6. The summed E-state index contributed by atoms with van der Waals surface area (Å²) in [7, 11) is 1.18. The number of fused-ring (bicyclic) bond motifs is 1. The van der Waals surface area contributed by atoms with Crippen molar-refractivity contribution in [2.45, 2.75) is 42.2 Å². The van der Waals surface area contributed by atoms with E-state index in [1.54, 1.807) is 13.8 Å². The van der Waals surface area contributed by atoms with Crippen molar-refractivity contribution in [1.82, 2.24) is 20.0 Å². The van der Waals surface area contributed by atoms with Crippen LogP contribution >= 0.6 is 27.7 Å². The number of aliphatic carboxylic acids is 1. The second-order valence-electron chi connectivity index (χ2n) is 6.68. The van der Waals surface area contributed by atoms with Crippen LogP contribution < -0.4 is 5.32 Å². The lowest BCUT2D eigenvalue weighted by molar-refractivity contribution is -0.159. The molecule has 2 saturated heterocycles. The minimum Gasteiger partial charge on any atom is -0.480 e. The molecular weight excluding hydrogens is 457 g/mol. The summed E-state index contributed by atoms with van der Waals surface area (Å²) < 4.78 is 38.3. The number of carboxylic acids is 1. The number of hydrogen-bond acceptors (Lipinski definition) is 5. The quantitative estimate of drug-likeness (QED) is 0.647. The summed E-state index contributed by atoms with van der Waals surface area (Å²) >= 11 is 3.96. The van der Waals surface area contributed by atoms with E-state index in [4.69, 9.17) is 0 Å². The molecule has 1 aromatic rings. The monoisotopic (exact) mass is 470 g/mol. The molecule has 3 heterocycles. The number of hydrogen-bond donors (Lipinski definition) is 2. The number of rotatable bonds is 3. The number of nitrogens with zero attached hydrogens (tertiary/aromatic N) is 3. The van der Waals surface area contributed by atoms with Gasteiger partial charge in [-0.1, -0.05) is 0 Å². The van der Waals surface area contributed by atoms with Gasteiger partial charge in [0.05, 0.1) is 4.47 Å².